The maximum atomic E-state index is 2.58. The minimum absolute atomic E-state index is 0.312. The van der Waals surface area contributed by atoms with Gasteiger partial charge in [0, 0.05) is 47.5 Å². The molecule has 1 heterocycles. The Labute approximate surface area is 152 Å². The van der Waals surface area contributed by atoms with Crippen LogP contribution in [0.1, 0.15) is 47.1 Å². The molecule has 0 aliphatic carbocycles. The van der Waals surface area contributed by atoms with Gasteiger partial charge in [-0.25, -0.2) is 0 Å². The van der Waals surface area contributed by atoms with E-state index in [9.17, 15) is 0 Å². The van der Waals surface area contributed by atoms with E-state index in [-0.39, 0.29) is 0 Å². The van der Waals surface area contributed by atoms with Crippen molar-refractivity contribution in [2.45, 2.75) is 60.7 Å². The number of rotatable bonds is 5. The molecule has 0 bridgehead atoms. The lowest BCUT2D eigenvalue weighted by molar-refractivity contribution is 0.147. The van der Waals surface area contributed by atoms with E-state index in [2.05, 4.69) is 93.5 Å². The number of aryl methyl sites for hydroxylation is 1. The van der Waals surface area contributed by atoms with E-state index >= 15 is 0 Å². The molecule has 0 atom stereocenters. The Kier molecular flexibility index (Phi) is 4.92. The molecular weight excluding hydrogens is 304 g/mol. The third-order valence-corrected chi connectivity index (χ3v) is 4.95. The van der Waals surface area contributed by atoms with Gasteiger partial charge in [0.05, 0.1) is 0 Å². The third kappa shape index (κ3) is 3.74. The van der Waals surface area contributed by atoms with Crippen LogP contribution in [0.5, 0.6) is 0 Å². The maximum Gasteiger partial charge on any atom is 0.0491 e. The van der Waals surface area contributed by atoms with Crippen LogP contribution in [0.3, 0.4) is 0 Å². The monoisotopic (exact) mass is 336 g/mol. The van der Waals surface area contributed by atoms with E-state index in [1.165, 1.54) is 27.4 Å². The number of benzene rings is 2. The van der Waals surface area contributed by atoms with Crippen molar-refractivity contribution < 1.29 is 0 Å². The molecule has 3 aromatic rings. The van der Waals surface area contributed by atoms with Gasteiger partial charge in [0.15, 0.2) is 0 Å². The first-order chi connectivity index (χ1) is 11.8. The molecule has 0 N–H and O–H groups in total. The van der Waals surface area contributed by atoms with E-state index in [0.29, 0.717) is 11.5 Å². The van der Waals surface area contributed by atoms with E-state index in [4.69, 9.17) is 0 Å². The fraction of sp³-hybridized carbons (Fsp3) is 0.478. The maximum absolute atomic E-state index is 2.58. The first kappa shape index (κ1) is 18.0. The van der Waals surface area contributed by atoms with E-state index < -0.39 is 0 Å². The molecule has 0 aliphatic heterocycles. The van der Waals surface area contributed by atoms with Crippen LogP contribution in [-0.4, -0.2) is 22.1 Å². The predicted octanol–water partition coefficient (Wildman–Crippen LogP) is 6.07. The summed E-state index contributed by atoms with van der Waals surface area (Å²) in [6, 6.07) is 16.3. The molecule has 0 radical (unpaired) electrons. The second-order valence-electron chi connectivity index (χ2n) is 8.67. The normalized spacial score (nSPS) is 12.8. The van der Waals surface area contributed by atoms with Gasteiger partial charge in [0.2, 0.25) is 0 Å². The van der Waals surface area contributed by atoms with Gasteiger partial charge in [-0.2, -0.15) is 0 Å². The van der Waals surface area contributed by atoms with Crippen molar-refractivity contribution in [1.29, 1.82) is 0 Å². The van der Waals surface area contributed by atoms with Crippen LogP contribution in [0.4, 0.5) is 0 Å². The van der Waals surface area contributed by atoms with Gasteiger partial charge in [0.1, 0.15) is 0 Å². The van der Waals surface area contributed by atoms with Crippen LogP contribution in [0.25, 0.3) is 21.8 Å². The lowest BCUT2D eigenvalue weighted by Gasteiger charge is -2.33. The van der Waals surface area contributed by atoms with Gasteiger partial charge in [-0.05, 0) is 49.9 Å². The highest BCUT2D eigenvalue weighted by Gasteiger charge is 2.19. The summed E-state index contributed by atoms with van der Waals surface area (Å²) >= 11 is 0. The van der Waals surface area contributed by atoms with Crippen molar-refractivity contribution in [3.8, 4) is 0 Å². The van der Waals surface area contributed by atoms with Gasteiger partial charge in [-0.1, -0.05) is 45.0 Å². The highest BCUT2D eigenvalue weighted by atomic mass is 15.1. The standard InChI is InChI=1S/C23H32N2/c1-7-25-21-11-9-8-10-19(21)20-14-18(12-13-22(20)25)15-24(17(2)3)16-23(4,5)6/h8-14,17H,7,15-16H2,1-6H3. The molecule has 0 saturated heterocycles. The Balaban J connectivity index is 2.02. The molecule has 0 saturated carbocycles. The molecule has 134 valence electrons. The van der Waals surface area contributed by atoms with Gasteiger partial charge >= 0.3 is 0 Å². The Morgan fingerprint density at radius 1 is 0.960 bits per heavy atom. The first-order valence-corrected chi connectivity index (χ1v) is 9.54. The topological polar surface area (TPSA) is 8.17 Å². The Morgan fingerprint density at radius 3 is 2.28 bits per heavy atom. The molecule has 25 heavy (non-hydrogen) atoms. The second-order valence-corrected chi connectivity index (χ2v) is 8.67. The van der Waals surface area contributed by atoms with Crippen LogP contribution >= 0.6 is 0 Å². The van der Waals surface area contributed by atoms with Crippen LogP contribution in [-0.2, 0) is 13.1 Å². The summed E-state index contributed by atoms with van der Waals surface area (Å²) in [5.74, 6) is 0. The molecule has 0 fully saturated rings. The summed E-state index contributed by atoms with van der Waals surface area (Å²) in [7, 11) is 0. The third-order valence-electron chi connectivity index (χ3n) is 4.95. The number of hydrogen-bond donors (Lipinski definition) is 0. The molecule has 0 unspecified atom stereocenters. The summed E-state index contributed by atoms with van der Waals surface area (Å²) in [4.78, 5) is 2.58. The quantitative estimate of drug-likeness (QED) is 0.549. The van der Waals surface area contributed by atoms with E-state index in [1.54, 1.807) is 0 Å². The highest BCUT2D eigenvalue weighted by molar-refractivity contribution is 6.08. The average molecular weight is 337 g/mol. The minimum atomic E-state index is 0.312. The number of aromatic nitrogens is 1. The van der Waals surface area contributed by atoms with Crippen molar-refractivity contribution in [3.63, 3.8) is 0 Å². The van der Waals surface area contributed by atoms with Gasteiger partial charge in [-0.15, -0.1) is 0 Å². The fourth-order valence-corrected chi connectivity index (χ4v) is 3.80. The molecule has 0 amide bonds. The zero-order valence-electron chi connectivity index (χ0n) is 16.6. The molecule has 3 rings (SSSR count). The minimum Gasteiger partial charge on any atom is -0.341 e. The smallest absolute Gasteiger partial charge is 0.0491 e. The highest BCUT2D eigenvalue weighted by Crippen LogP contribution is 2.30. The summed E-state index contributed by atoms with van der Waals surface area (Å²) in [5, 5.41) is 2.75. The molecule has 2 aromatic carbocycles. The summed E-state index contributed by atoms with van der Waals surface area (Å²) in [5.41, 5.74) is 4.41. The molecule has 0 aliphatic rings. The molecule has 0 spiro atoms. The van der Waals surface area contributed by atoms with Crippen molar-refractivity contribution in [1.82, 2.24) is 9.47 Å². The second kappa shape index (κ2) is 6.84. The van der Waals surface area contributed by atoms with E-state index in [1.807, 2.05) is 0 Å². The Hall–Kier alpha value is -1.80. The molecular formula is C23H32N2. The lowest BCUT2D eigenvalue weighted by Crippen LogP contribution is -2.37. The van der Waals surface area contributed by atoms with Crippen molar-refractivity contribution in [2.24, 2.45) is 5.41 Å². The largest absolute Gasteiger partial charge is 0.341 e. The van der Waals surface area contributed by atoms with Crippen molar-refractivity contribution >= 4 is 21.8 Å². The Bertz CT molecular complexity index is 865. The van der Waals surface area contributed by atoms with E-state index in [0.717, 1.165) is 19.6 Å². The number of para-hydroxylation sites is 1. The van der Waals surface area contributed by atoms with Crippen LogP contribution in [0, 0.1) is 5.41 Å². The number of fused-ring (bicyclic) bond motifs is 3. The van der Waals surface area contributed by atoms with Crippen LogP contribution in [0.2, 0.25) is 0 Å². The fourth-order valence-electron chi connectivity index (χ4n) is 3.80. The summed E-state index contributed by atoms with van der Waals surface area (Å²) < 4.78 is 2.42. The zero-order valence-corrected chi connectivity index (χ0v) is 16.6. The SMILES string of the molecule is CCn1c2ccccc2c2cc(CN(CC(C)(C)C)C(C)C)ccc21. The molecule has 2 heteroatoms. The van der Waals surface area contributed by atoms with Crippen LogP contribution in [0.15, 0.2) is 42.5 Å². The first-order valence-electron chi connectivity index (χ1n) is 9.54. The molecule has 2 nitrogen and oxygen atoms in total. The average Bonchev–Trinajstić information content (AvgIpc) is 2.86. The molecule has 1 aromatic heterocycles. The van der Waals surface area contributed by atoms with Gasteiger partial charge in [-0.3, -0.25) is 4.90 Å². The van der Waals surface area contributed by atoms with Crippen molar-refractivity contribution in [3.05, 3.63) is 48.0 Å². The van der Waals surface area contributed by atoms with Gasteiger partial charge < -0.3 is 4.57 Å². The summed E-state index contributed by atoms with van der Waals surface area (Å²) in [6.07, 6.45) is 0. The Morgan fingerprint density at radius 2 is 1.64 bits per heavy atom. The van der Waals surface area contributed by atoms with Crippen LogP contribution < -0.4 is 0 Å². The predicted molar refractivity (Wildman–Crippen MR) is 110 cm³/mol. The number of nitrogens with zero attached hydrogens (tertiary/aromatic N) is 2. The lowest BCUT2D eigenvalue weighted by atomic mass is 9.95. The van der Waals surface area contributed by atoms with Crippen molar-refractivity contribution in [2.75, 3.05) is 6.54 Å². The number of hydrogen-bond acceptors (Lipinski definition) is 1. The van der Waals surface area contributed by atoms with Gasteiger partial charge in [0.25, 0.3) is 0 Å². The summed E-state index contributed by atoms with van der Waals surface area (Å²) in [6.45, 7) is 16.9. The zero-order chi connectivity index (χ0) is 18.2.